The topological polar surface area (TPSA) is 109 Å². The molecule has 3 aromatic carbocycles. The second-order valence-electron chi connectivity index (χ2n) is 9.90. The first kappa shape index (κ1) is 32.7. The number of nitrogens with one attached hydrogen (secondary N) is 1. The summed E-state index contributed by atoms with van der Waals surface area (Å²) in [5.41, 5.74) is 10.6. The molecule has 3 aromatic rings. The van der Waals surface area contributed by atoms with Crippen LogP contribution in [0.4, 0.5) is 10.1 Å². The molecule has 1 amide bonds. The summed E-state index contributed by atoms with van der Waals surface area (Å²) >= 11 is 0. The van der Waals surface area contributed by atoms with Crippen molar-refractivity contribution in [3.05, 3.63) is 106 Å². The molecule has 43 heavy (non-hydrogen) atoms. The first-order valence-electron chi connectivity index (χ1n) is 13.9. The first-order chi connectivity index (χ1) is 20.6. The molecule has 0 saturated carbocycles. The Morgan fingerprint density at radius 1 is 0.930 bits per heavy atom. The molecule has 0 aliphatic heterocycles. The predicted octanol–water partition coefficient (Wildman–Crippen LogP) is 6.04. The van der Waals surface area contributed by atoms with Crippen LogP contribution in [0.3, 0.4) is 0 Å². The van der Waals surface area contributed by atoms with Gasteiger partial charge in [0.15, 0.2) is 0 Å². The van der Waals surface area contributed by atoms with Gasteiger partial charge in [-0.1, -0.05) is 31.4 Å². The van der Waals surface area contributed by atoms with Crippen molar-refractivity contribution in [1.29, 1.82) is 0 Å². The average Bonchev–Trinajstić information content (AvgIpc) is 2.99. The van der Waals surface area contributed by atoms with Gasteiger partial charge in [0.2, 0.25) is 0 Å². The molecule has 0 fully saturated rings. The van der Waals surface area contributed by atoms with Crippen LogP contribution in [0.1, 0.15) is 55.0 Å². The number of amides is 1. The minimum atomic E-state index is -0.538. The number of halogens is 1. The highest BCUT2D eigenvalue weighted by Crippen LogP contribution is 2.39. The Labute approximate surface area is 252 Å². The molecule has 0 radical (unpaired) electrons. The van der Waals surface area contributed by atoms with E-state index >= 15 is 4.39 Å². The molecule has 0 aliphatic rings. The molecule has 0 aromatic heterocycles. The van der Waals surface area contributed by atoms with E-state index in [0.717, 1.165) is 28.0 Å². The van der Waals surface area contributed by atoms with Gasteiger partial charge in [-0.3, -0.25) is 4.79 Å². The maximum Gasteiger partial charge on any atom is 0.341 e. The van der Waals surface area contributed by atoms with Crippen molar-refractivity contribution in [3.8, 4) is 17.2 Å². The first-order valence-corrected chi connectivity index (χ1v) is 13.9. The number of carbonyl (C=O) groups is 2. The standard InChI is InChI=1S/C34H39FN2O6/c1-7-15-42-31-21(3)22(4)32(43-16-8-2)28(23(31)5)18-24-10-11-25(19-29(24)35)33(38)37-14-9-17-41-30-20-26(36)12-13-27(30)34(39)40-6/h7-8,10-13,19-20H,1-2,9,14-18,36H2,3-6H3,(H,37,38). The van der Waals surface area contributed by atoms with Crippen LogP contribution in [0.5, 0.6) is 17.2 Å². The summed E-state index contributed by atoms with van der Waals surface area (Å²) < 4.78 is 37.8. The van der Waals surface area contributed by atoms with E-state index in [0.29, 0.717) is 42.4 Å². The van der Waals surface area contributed by atoms with Crippen LogP contribution in [0, 0.1) is 26.6 Å². The number of rotatable bonds is 15. The van der Waals surface area contributed by atoms with E-state index in [9.17, 15) is 9.59 Å². The van der Waals surface area contributed by atoms with Gasteiger partial charge in [0, 0.05) is 35.8 Å². The van der Waals surface area contributed by atoms with Gasteiger partial charge in [-0.25, -0.2) is 9.18 Å². The highest BCUT2D eigenvalue weighted by Gasteiger charge is 2.21. The maximum absolute atomic E-state index is 15.3. The number of ether oxygens (including phenoxy) is 4. The fourth-order valence-electron chi connectivity index (χ4n) is 4.58. The second-order valence-corrected chi connectivity index (χ2v) is 9.90. The SMILES string of the molecule is C=CCOc1c(C)c(C)c(OCC=C)c(Cc2ccc(C(=O)NCCCOc3cc(N)ccc3C(=O)OC)cc2F)c1C. The molecule has 9 heteroatoms. The highest BCUT2D eigenvalue weighted by atomic mass is 19.1. The van der Waals surface area contributed by atoms with Gasteiger partial charge in [0.1, 0.15) is 41.8 Å². The van der Waals surface area contributed by atoms with Gasteiger partial charge < -0.3 is 30.0 Å². The molecule has 0 aliphatic carbocycles. The summed E-state index contributed by atoms with van der Waals surface area (Å²) in [6, 6.07) is 9.08. The van der Waals surface area contributed by atoms with Gasteiger partial charge >= 0.3 is 5.97 Å². The summed E-state index contributed by atoms with van der Waals surface area (Å²) in [7, 11) is 1.28. The van der Waals surface area contributed by atoms with Crippen LogP contribution in [0.2, 0.25) is 0 Å². The number of anilines is 1. The lowest BCUT2D eigenvalue weighted by molar-refractivity contribution is 0.0596. The Morgan fingerprint density at radius 3 is 2.26 bits per heavy atom. The summed E-state index contributed by atoms with van der Waals surface area (Å²) in [5, 5.41) is 2.77. The number of hydrogen-bond donors (Lipinski definition) is 2. The Bertz CT molecular complexity index is 1500. The third-order valence-electron chi connectivity index (χ3n) is 6.96. The third-order valence-corrected chi connectivity index (χ3v) is 6.96. The van der Waals surface area contributed by atoms with Gasteiger partial charge in [-0.2, -0.15) is 0 Å². The second kappa shape index (κ2) is 15.4. The average molecular weight is 591 g/mol. The number of nitrogens with two attached hydrogens (primary N) is 1. The Kier molecular flexibility index (Phi) is 11.8. The lowest BCUT2D eigenvalue weighted by Crippen LogP contribution is -2.25. The predicted molar refractivity (Wildman–Crippen MR) is 166 cm³/mol. The molecular weight excluding hydrogens is 551 g/mol. The summed E-state index contributed by atoms with van der Waals surface area (Å²) in [4.78, 5) is 24.7. The van der Waals surface area contributed by atoms with Crippen LogP contribution < -0.4 is 25.3 Å². The van der Waals surface area contributed by atoms with Crippen LogP contribution in [0.15, 0.2) is 61.7 Å². The normalized spacial score (nSPS) is 10.5. The lowest BCUT2D eigenvalue weighted by Gasteiger charge is -2.22. The van der Waals surface area contributed by atoms with E-state index in [2.05, 4.69) is 18.5 Å². The van der Waals surface area contributed by atoms with Crippen molar-refractivity contribution >= 4 is 17.6 Å². The zero-order valence-corrected chi connectivity index (χ0v) is 25.2. The van der Waals surface area contributed by atoms with Gasteiger partial charge in [0.25, 0.3) is 5.91 Å². The number of carbonyl (C=O) groups excluding carboxylic acids is 2. The van der Waals surface area contributed by atoms with E-state index in [1.165, 1.54) is 25.3 Å². The van der Waals surface area contributed by atoms with Crippen LogP contribution in [0.25, 0.3) is 0 Å². The van der Waals surface area contributed by atoms with Gasteiger partial charge in [-0.15, -0.1) is 0 Å². The summed E-state index contributed by atoms with van der Waals surface area (Å²) in [6.07, 6.45) is 4.02. The smallest absolute Gasteiger partial charge is 0.341 e. The summed E-state index contributed by atoms with van der Waals surface area (Å²) in [5.74, 6) is 0.226. The molecule has 0 saturated heterocycles. The fraction of sp³-hybridized carbons (Fsp3) is 0.294. The van der Waals surface area contributed by atoms with Crippen molar-refractivity contribution in [3.63, 3.8) is 0 Å². The van der Waals surface area contributed by atoms with Crippen molar-refractivity contribution in [1.82, 2.24) is 5.32 Å². The van der Waals surface area contributed by atoms with Crippen LogP contribution >= 0.6 is 0 Å². The molecule has 3 rings (SSSR count). The van der Waals surface area contributed by atoms with Crippen LogP contribution in [-0.2, 0) is 11.2 Å². The molecule has 8 nitrogen and oxygen atoms in total. The van der Waals surface area contributed by atoms with E-state index in [4.69, 9.17) is 24.7 Å². The quantitative estimate of drug-likeness (QED) is 0.0962. The van der Waals surface area contributed by atoms with Crippen molar-refractivity contribution in [2.24, 2.45) is 0 Å². The van der Waals surface area contributed by atoms with E-state index < -0.39 is 17.7 Å². The third kappa shape index (κ3) is 8.16. The highest BCUT2D eigenvalue weighted by molar-refractivity contribution is 5.94. The van der Waals surface area contributed by atoms with Crippen molar-refractivity contribution in [2.45, 2.75) is 33.6 Å². The molecule has 0 bridgehead atoms. The van der Waals surface area contributed by atoms with E-state index in [1.807, 2.05) is 20.8 Å². The Morgan fingerprint density at radius 2 is 1.60 bits per heavy atom. The Balaban J connectivity index is 1.68. The Hall–Kier alpha value is -4.79. The number of hydrogen-bond acceptors (Lipinski definition) is 7. The van der Waals surface area contributed by atoms with E-state index in [1.54, 1.807) is 30.4 Å². The molecule has 228 valence electrons. The number of esters is 1. The van der Waals surface area contributed by atoms with Gasteiger partial charge in [0.05, 0.1) is 13.7 Å². The molecule has 0 unspecified atom stereocenters. The minimum Gasteiger partial charge on any atom is -0.493 e. The molecule has 3 N–H and O–H groups in total. The zero-order chi connectivity index (χ0) is 31.5. The summed E-state index contributed by atoms with van der Waals surface area (Å²) in [6.45, 7) is 14.4. The lowest BCUT2D eigenvalue weighted by atomic mass is 9.92. The number of methoxy groups -OCH3 is 1. The van der Waals surface area contributed by atoms with Crippen LogP contribution in [-0.4, -0.2) is 45.4 Å². The molecular formula is C34H39FN2O6. The molecule has 0 heterocycles. The molecule has 0 spiro atoms. The fourth-order valence-corrected chi connectivity index (χ4v) is 4.58. The number of benzene rings is 3. The number of nitrogen functional groups attached to an aromatic ring is 1. The van der Waals surface area contributed by atoms with Gasteiger partial charge in [-0.05, 0) is 73.7 Å². The zero-order valence-electron chi connectivity index (χ0n) is 25.2. The van der Waals surface area contributed by atoms with E-state index in [-0.39, 0.29) is 30.7 Å². The monoisotopic (exact) mass is 590 g/mol. The van der Waals surface area contributed by atoms with Crippen molar-refractivity contribution in [2.75, 3.05) is 39.2 Å². The minimum absolute atomic E-state index is 0.195. The molecule has 0 atom stereocenters. The maximum atomic E-state index is 15.3. The largest absolute Gasteiger partial charge is 0.493 e. The van der Waals surface area contributed by atoms with Crippen molar-refractivity contribution < 1.29 is 32.9 Å².